The Morgan fingerprint density at radius 1 is 1.50 bits per heavy atom. The van der Waals surface area contributed by atoms with Gasteiger partial charge in [-0.1, -0.05) is 20.8 Å². The van der Waals surface area contributed by atoms with Crippen LogP contribution in [0.15, 0.2) is 4.99 Å². The Kier molecular flexibility index (Phi) is 3.12. The van der Waals surface area contributed by atoms with Crippen LogP contribution in [0.4, 0.5) is 0 Å². The average Bonchev–Trinajstić information content (AvgIpc) is 2.45. The van der Waals surface area contributed by atoms with Gasteiger partial charge in [0.25, 0.3) is 0 Å². The Balaban J connectivity index is 2.57. The molecule has 0 radical (unpaired) electrons. The summed E-state index contributed by atoms with van der Waals surface area (Å²) in [6.07, 6.45) is 2.59. The molecule has 2 nitrogen and oxygen atoms in total. The van der Waals surface area contributed by atoms with E-state index in [0.29, 0.717) is 18.1 Å². The molecule has 1 aliphatic rings. The predicted molar refractivity (Wildman–Crippen MR) is 51.5 cm³/mol. The molecule has 3 atom stereocenters. The van der Waals surface area contributed by atoms with Crippen molar-refractivity contribution in [2.75, 3.05) is 0 Å². The zero-order chi connectivity index (χ0) is 9.14. The summed E-state index contributed by atoms with van der Waals surface area (Å²) in [4.78, 5) is 4.45. The van der Waals surface area contributed by atoms with Crippen molar-refractivity contribution in [2.24, 2.45) is 10.9 Å². The fourth-order valence-electron chi connectivity index (χ4n) is 1.66. The lowest BCUT2D eigenvalue weighted by Crippen LogP contribution is -2.28. The molecule has 0 aromatic rings. The van der Waals surface area contributed by atoms with Crippen LogP contribution in [0.1, 0.15) is 40.5 Å². The summed E-state index contributed by atoms with van der Waals surface area (Å²) in [5.74, 6) is 1.49. The smallest absolute Gasteiger partial charge is 0.180 e. The second-order valence-electron chi connectivity index (χ2n) is 3.59. The Bertz CT molecular complexity index is 177. The monoisotopic (exact) mass is 169 g/mol. The van der Waals surface area contributed by atoms with Crippen molar-refractivity contribution in [3.63, 3.8) is 0 Å². The largest absolute Gasteiger partial charge is 0.475 e. The van der Waals surface area contributed by atoms with Crippen LogP contribution >= 0.6 is 0 Å². The summed E-state index contributed by atoms with van der Waals surface area (Å²) in [5.41, 5.74) is 0. The fraction of sp³-hybridized carbons (Fsp3) is 0.900. The van der Waals surface area contributed by atoms with Crippen molar-refractivity contribution in [2.45, 2.75) is 52.7 Å². The predicted octanol–water partition coefficient (Wildman–Crippen LogP) is 2.63. The van der Waals surface area contributed by atoms with Gasteiger partial charge in [-0.05, 0) is 18.8 Å². The van der Waals surface area contributed by atoms with Gasteiger partial charge in [-0.15, -0.1) is 0 Å². The van der Waals surface area contributed by atoms with Crippen LogP contribution in [0, 0.1) is 5.92 Å². The number of hydrogen-bond acceptors (Lipinski definition) is 2. The lowest BCUT2D eigenvalue weighted by molar-refractivity contribution is 0.127. The van der Waals surface area contributed by atoms with Crippen molar-refractivity contribution >= 4 is 5.90 Å². The summed E-state index contributed by atoms with van der Waals surface area (Å²) in [5, 5.41) is 0. The molecule has 0 bridgehead atoms. The van der Waals surface area contributed by atoms with Crippen LogP contribution in [0.25, 0.3) is 0 Å². The Labute approximate surface area is 75.0 Å². The van der Waals surface area contributed by atoms with Crippen LogP contribution in [0.5, 0.6) is 0 Å². The van der Waals surface area contributed by atoms with Gasteiger partial charge < -0.3 is 4.74 Å². The third kappa shape index (κ3) is 1.79. The third-order valence-electron chi connectivity index (χ3n) is 2.66. The number of rotatable bonds is 3. The first-order valence-corrected chi connectivity index (χ1v) is 4.90. The fourth-order valence-corrected chi connectivity index (χ4v) is 1.66. The van der Waals surface area contributed by atoms with Gasteiger partial charge in [0.1, 0.15) is 6.10 Å². The summed E-state index contributed by atoms with van der Waals surface area (Å²) in [7, 11) is 0. The minimum absolute atomic E-state index is 0.333. The molecule has 70 valence electrons. The Hall–Kier alpha value is -0.530. The lowest BCUT2D eigenvalue weighted by atomic mass is 9.95. The molecule has 1 aliphatic heterocycles. The van der Waals surface area contributed by atoms with E-state index < -0.39 is 0 Å². The van der Waals surface area contributed by atoms with Gasteiger partial charge in [0, 0.05) is 6.92 Å². The van der Waals surface area contributed by atoms with E-state index in [1.165, 1.54) is 6.42 Å². The van der Waals surface area contributed by atoms with Gasteiger partial charge in [0.15, 0.2) is 5.90 Å². The first-order chi connectivity index (χ1) is 5.69. The van der Waals surface area contributed by atoms with E-state index in [1.807, 2.05) is 6.92 Å². The zero-order valence-electron chi connectivity index (χ0n) is 8.50. The normalized spacial score (nSPS) is 31.2. The highest BCUT2D eigenvalue weighted by Gasteiger charge is 2.31. The summed E-state index contributed by atoms with van der Waals surface area (Å²) in [6.45, 7) is 8.56. The molecule has 3 unspecified atom stereocenters. The highest BCUT2D eigenvalue weighted by atomic mass is 16.5. The van der Waals surface area contributed by atoms with Crippen molar-refractivity contribution < 1.29 is 4.74 Å². The maximum atomic E-state index is 5.67. The second kappa shape index (κ2) is 3.92. The van der Waals surface area contributed by atoms with Crippen LogP contribution in [-0.2, 0) is 4.74 Å². The van der Waals surface area contributed by atoms with Crippen molar-refractivity contribution in [1.29, 1.82) is 0 Å². The van der Waals surface area contributed by atoms with Crippen LogP contribution in [-0.4, -0.2) is 18.0 Å². The first kappa shape index (κ1) is 9.56. The van der Waals surface area contributed by atoms with Crippen LogP contribution < -0.4 is 0 Å². The quantitative estimate of drug-likeness (QED) is 0.636. The minimum atomic E-state index is 0.333. The molecule has 1 rings (SSSR count). The third-order valence-corrected chi connectivity index (χ3v) is 2.66. The lowest BCUT2D eigenvalue weighted by Gasteiger charge is -2.21. The van der Waals surface area contributed by atoms with E-state index in [4.69, 9.17) is 4.74 Å². The van der Waals surface area contributed by atoms with E-state index in [9.17, 15) is 0 Å². The Morgan fingerprint density at radius 2 is 2.17 bits per heavy atom. The summed E-state index contributed by atoms with van der Waals surface area (Å²) in [6, 6.07) is 0.403. The minimum Gasteiger partial charge on any atom is -0.475 e. The van der Waals surface area contributed by atoms with E-state index >= 15 is 0 Å². The van der Waals surface area contributed by atoms with Gasteiger partial charge in [0.2, 0.25) is 0 Å². The highest BCUT2D eigenvalue weighted by Crippen LogP contribution is 2.24. The van der Waals surface area contributed by atoms with E-state index in [2.05, 4.69) is 25.8 Å². The zero-order valence-corrected chi connectivity index (χ0v) is 8.50. The van der Waals surface area contributed by atoms with Gasteiger partial charge in [-0.25, -0.2) is 4.99 Å². The summed E-state index contributed by atoms with van der Waals surface area (Å²) >= 11 is 0. The molecule has 0 saturated carbocycles. The number of ether oxygens (including phenoxy) is 1. The summed E-state index contributed by atoms with van der Waals surface area (Å²) < 4.78 is 5.67. The molecule has 0 aromatic carbocycles. The number of aliphatic imine (C=N–C) groups is 1. The van der Waals surface area contributed by atoms with Crippen molar-refractivity contribution in [1.82, 2.24) is 0 Å². The van der Waals surface area contributed by atoms with Gasteiger partial charge in [-0.2, -0.15) is 0 Å². The molecule has 0 N–H and O–H groups in total. The van der Waals surface area contributed by atoms with Gasteiger partial charge in [-0.3, -0.25) is 0 Å². The Morgan fingerprint density at radius 3 is 2.67 bits per heavy atom. The first-order valence-electron chi connectivity index (χ1n) is 4.90. The molecule has 0 saturated heterocycles. The van der Waals surface area contributed by atoms with Crippen molar-refractivity contribution in [3.05, 3.63) is 0 Å². The molecule has 12 heavy (non-hydrogen) atoms. The topological polar surface area (TPSA) is 21.6 Å². The van der Waals surface area contributed by atoms with Crippen LogP contribution in [0.2, 0.25) is 0 Å². The van der Waals surface area contributed by atoms with Gasteiger partial charge in [0.05, 0.1) is 6.04 Å². The average molecular weight is 169 g/mol. The van der Waals surface area contributed by atoms with E-state index in [0.717, 1.165) is 12.3 Å². The molecule has 2 heteroatoms. The highest BCUT2D eigenvalue weighted by molar-refractivity contribution is 5.75. The number of hydrogen-bond donors (Lipinski definition) is 0. The molecule has 0 spiro atoms. The molecule has 0 aromatic heterocycles. The maximum Gasteiger partial charge on any atom is 0.180 e. The standard InChI is InChI=1S/C10H19NO/c1-5-7(3)10-9(6-2)11-8(4)12-10/h7,9-10H,5-6H2,1-4H3. The van der Waals surface area contributed by atoms with Crippen molar-refractivity contribution in [3.8, 4) is 0 Å². The molecule has 1 heterocycles. The van der Waals surface area contributed by atoms with Crippen LogP contribution in [0.3, 0.4) is 0 Å². The molecular formula is C10H19NO. The second-order valence-corrected chi connectivity index (χ2v) is 3.59. The van der Waals surface area contributed by atoms with E-state index in [1.54, 1.807) is 0 Å². The van der Waals surface area contributed by atoms with Gasteiger partial charge >= 0.3 is 0 Å². The SMILES string of the molecule is CCC(C)C1OC(C)=NC1CC. The van der Waals surface area contributed by atoms with E-state index in [-0.39, 0.29) is 0 Å². The molecular weight excluding hydrogens is 150 g/mol. The maximum absolute atomic E-state index is 5.67. The number of nitrogens with zero attached hydrogens (tertiary/aromatic N) is 1. The molecule has 0 fully saturated rings. The molecule has 0 amide bonds. The molecule has 0 aliphatic carbocycles.